The van der Waals surface area contributed by atoms with Gasteiger partial charge in [0.05, 0.1) is 13.3 Å². The molecule has 2 amide bonds. The van der Waals surface area contributed by atoms with E-state index in [1.54, 1.807) is 0 Å². The minimum absolute atomic E-state index is 0.0300. The number of carbonyl (C=O) groups is 3. The lowest BCUT2D eigenvalue weighted by Gasteiger charge is -2.32. The molecule has 0 saturated heterocycles. The Bertz CT molecular complexity index is 730. The maximum Gasteiger partial charge on any atom is 0.328 e. The number of rotatable bonds is 8. The van der Waals surface area contributed by atoms with E-state index in [9.17, 15) is 14.4 Å². The molecule has 170 valence electrons. The minimum Gasteiger partial charge on any atom is -0.467 e. The number of hydrogen-bond acceptors (Lipinski definition) is 6. The Balaban J connectivity index is 1.71. The largest absolute Gasteiger partial charge is 0.467 e. The maximum atomic E-state index is 13.3. The Labute approximate surface area is 183 Å². The first-order valence-electron chi connectivity index (χ1n) is 11.5. The van der Waals surface area contributed by atoms with E-state index in [1.165, 1.54) is 32.1 Å². The van der Waals surface area contributed by atoms with E-state index in [-0.39, 0.29) is 17.5 Å². The number of hydrogen-bond donors (Lipinski definition) is 2. The van der Waals surface area contributed by atoms with Crippen molar-refractivity contribution >= 4 is 17.8 Å². The monoisotopic (exact) mass is 430 g/mol. The molecule has 8 heteroatoms. The average molecular weight is 431 g/mol. The third-order valence-electron chi connectivity index (χ3n) is 6.58. The summed E-state index contributed by atoms with van der Waals surface area (Å²) in [5.74, 6) is -0.750. The van der Waals surface area contributed by atoms with Gasteiger partial charge >= 0.3 is 5.97 Å². The van der Waals surface area contributed by atoms with Crippen LogP contribution in [0.2, 0.25) is 0 Å². The topological polar surface area (TPSA) is 110 Å². The SMILES string of the molecule is COC(=O)C(CC1CCCCC1)NC(=O)[C@@H](NC(=O)c1cnccn1)C1CCCCC1. The normalized spacial score (nSPS) is 19.8. The van der Waals surface area contributed by atoms with E-state index in [2.05, 4.69) is 20.6 Å². The van der Waals surface area contributed by atoms with Crippen LogP contribution in [0.5, 0.6) is 0 Å². The molecule has 0 spiro atoms. The molecule has 1 unspecified atom stereocenters. The smallest absolute Gasteiger partial charge is 0.328 e. The second-order valence-corrected chi connectivity index (χ2v) is 8.76. The van der Waals surface area contributed by atoms with Gasteiger partial charge in [0.25, 0.3) is 5.91 Å². The molecule has 2 aliphatic rings. The summed E-state index contributed by atoms with van der Waals surface area (Å²) in [5, 5.41) is 5.77. The zero-order valence-corrected chi connectivity index (χ0v) is 18.3. The van der Waals surface area contributed by atoms with Crippen LogP contribution >= 0.6 is 0 Å². The zero-order chi connectivity index (χ0) is 22.1. The lowest BCUT2D eigenvalue weighted by Crippen LogP contribution is -2.55. The first-order valence-corrected chi connectivity index (χ1v) is 11.5. The average Bonchev–Trinajstić information content (AvgIpc) is 2.83. The second-order valence-electron chi connectivity index (χ2n) is 8.76. The van der Waals surface area contributed by atoms with Crippen molar-refractivity contribution in [1.82, 2.24) is 20.6 Å². The number of esters is 1. The summed E-state index contributed by atoms with van der Waals surface area (Å²) >= 11 is 0. The number of nitrogens with one attached hydrogen (secondary N) is 2. The Hall–Kier alpha value is -2.51. The molecule has 0 radical (unpaired) electrons. The molecule has 2 atom stereocenters. The first-order chi connectivity index (χ1) is 15.1. The third-order valence-corrected chi connectivity index (χ3v) is 6.58. The van der Waals surface area contributed by atoms with Gasteiger partial charge in [-0.1, -0.05) is 51.4 Å². The van der Waals surface area contributed by atoms with E-state index >= 15 is 0 Å². The van der Waals surface area contributed by atoms with Gasteiger partial charge in [0.15, 0.2) is 0 Å². The van der Waals surface area contributed by atoms with Gasteiger partial charge in [0.2, 0.25) is 5.91 Å². The fourth-order valence-corrected chi connectivity index (χ4v) is 4.87. The molecule has 2 N–H and O–H groups in total. The number of ether oxygens (including phenoxy) is 1. The minimum atomic E-state index is -0.715. The predicted octanol–water partition coefficient (Wildman–Crippen LogP) is 2.78. The molecule has 0 aromatic carbocycles. The molecule has 0 bridgehead atoms. The summed E-state index contributed by atoms with van der Waals surface area (Å²) in [6, 6.07) is -1.41. The van der Waals surface area contributed by atoms with Crippen molar-refractivity contribution in [2.24, 2.45) is 11.8 Å². The van der Waals surface area contributed by atoms with E-state index in [4.69, 9.17) is 4.74 Å². The van der Waals surface area contributed by atoms with Gasteiger partial charge in [-0.2, -0.15) is 0 Å². The summed E-state index contributed by atoms with van der Waals surface area (Å²) in [4.78, 5) is 46.4. The lowest BCUT2D eigenvalue weighted by molar-refractivity contribution is -0.146. The van der Waals surface area contributed by atoms with Crippen molar-refractivity contribution in [3.8, 4) is 0 Å². The third kappa shape index (κ3) is 6.74. The molecule has 1 heterocycles. The van der Waals surface area contributed by atoms with Crippen molar-refractivity contribution in [3.05, 3.63) is 24.3 Å². The van der Waals surface area contributed by atoms with E-state index in [1.807, 2.05) is 0 Å². The summed E-state index contributed by atoms with van der Waals surface area (Å²) in [6.07, 6.45) is 15.5. The van der Waals surface area contributed by atoms with Crippen molar-refractivity contribution in [3.63, 3.8) is 0 Å². The number of nitrogens with zero attached hydrogens (tertiary/aromatic N) is 2. The lowest BCUT2D eigenvalue weighted by atomic mass is 9.82. The van der Waals surface area contributed by atoms with Crippen LogP contribution in [-0.4, -0.2) is 46.9 Å². The summed E-state index contributed by atoms with van der Waals surface area (Å²) < 4.78 is 4.97. The van der Waals surface area contributed by atoms with Gasteiger partial charge in [0.1, 0.15) is 17.8 Å². The first kappa shape index (κ1) is 23.2. The quantitative estimate of drug-likeness (QED) is 0.614. The molecule has 2 saturated carbocycles. The van der Waals surface area contributed by atoms with Crippen molar-refractivity contribution < 1.29 is 19.1 Å². The number of aromatic nitrogens is 2. The Morgan fingerprint density at radius 2 is 1.68 bits per heavy atom. The summed E-state index contributed by atoms with van der Waals surface area (Å²) in [7, 11) is 1.34. The van der Waals surface area contributed by atoms with Crippen LogP contribution in [0.25, 0.3) is 0 Å². The van der Waals surface area contributed by atoms with Crippen LogP contribution in [0, 0.1) is 11.8 Å². The Morgan fingerprint density at radius 1 is 1.00 bits per heavy atom. The molecular formula is C23H34N4O4. The molecule has 2 aliphatic carbocycles. The van der Waals surface area contributed by atoms with Crippen LogP contribution in [-0.2, 0) is 14.3 Å². The van der Waals surface area contributed by atoms with Crippen molar-refractivity contribution in [2.75, 3.05) is 7.11 Å². The van der Waals surface area contributed by atoms with E-state index < -0.39 is 24.0 Å². The highest BCUT2D eigenvalue weighted by Gasteiger charge is 2.35. The molecule has 31 heavy (non-hydrogen) atoms. The second kappa shape index (κ2) is 11.8. The highest BCUT2D eigenvalue weighted by atomic mass is 16.5. The van der Waals surface area contributed by atoms with Gasteiger partial charge in [0, 0.05) is 12.4 Å². The molecule has 8 nitrogen and oxygen atoms in total. The van der Waals surface area contributed by atoms with Crippen LogP contribution in [0.4, 0.5) is 0 Å². The fourth-order valence-electron chi connectivity index (χ4n) is 4.87. The van der Waals surface area contributed by atoms with Gasteiger partial charge < -0.3 is 15.4 Å². The summed E-state index contributed by atoms with van der Waals surface area (Å²) in [6.45, 7) is 0. The summed E-state index contributed by atoms with van der Waals surface area (Å²) in [5.41, 5.74) is 0.169. The van der Waals surface area contributed by atoms with Gasteiger partial charge in [-0.3, -0.25) is 14.6 Å². The van der Waals surface area contributed by atoms with E-state index in [0.717, 1.165) is 57.8 Å². The highest BCUT2D eigenvalue weighted by molar-refractivity contribution is 5.96. The van der Waals surface area contributed by atoms with Crippen LogP contribution in [0.3, 0.4) is 0 Å². The Kier molecular flexibility index (Phi) is 8.79. The molecule has 1 aromatic rings. The number of carbonyl (C=O) groups excluding carboxylic acids is 3. The van der Waals surface area contributed by atoms with Gasteiger partial charge in [-0.15, -0.1) is 0 Å². The fraction of sp³-hybridized carbons (Fsp3) is 0.696. The van der Waals surface area contributed by atoms with Crippen LogP contribution in [0.1, 0.15) is 81.1 Å². The number of amides is 2. The maximum absolute atomic E-state index is 13.3. The molecule has 1 aromatic heterocycles. The number of methoxy groups -OCH3 is 1. The Morgan fingerprint density at radius 3 is 2.29 bits per heavy atom. The molecule has 2 fully saturated rings. The van der Waals surface area contributed by atoms with Crippen LogP contribution in [0.15, 0.2) is 18.6 Å². The van der Waals surface area contributed by atoms with Crippen molar-refractivity contribution in [2.45, 2.75) is 82.7 Å². The standard InChI is InChI=1S/C23H34N4O4/c1-31-23(30)18(14-16-8-4-2-5-9-16)26-22(29)20(17-10-6-3-7-11-17)27-21(28)19-15-24-12-13-25-19/h12-13,15-18,20H,2-11,14H2,1H3,(H,26,29)(H,27,28)/t18?,20-/m0/s1. The van der Waals surface area contributed by atoms with Gasteiger partial charge in [-0.25, -0.2) is 9.78 Å². The van der Waals surface area contributed by atoms with E-state index in [0.29, 0.717) is 12.3 Å². The van der Waals surface area contributed by atoms with Crippen LogP contribution < -0.4 is 10.6 Å². The zero-order valence-electron chi connectivity index (χ0n) is 18.3. The van der Waals surface area contributed by atoms with Crippen molar-refractivity contribution in [1.29, 1.82) is 0 Å². The molecule has 0 aliphatic heterocycles. The predicted molar refractivity (Wildman–Crippen MR) is 115 cm³/mol. The highest BCUT2D eigenvalue weighted by Crippen LogP contribution is 2.29. The molecular weight excluding hydrogens is 396 g/mol. The van der Waals surface area contributed by atoms with Gasteiger partial charge in [-0.05, 0) is 31.1 Å². The molecule has 3 rings (SSSR count).